The van der Waals surface area contributed by atoms with Gasteiger partial charge in [-0.15, -0.1) is 11.3 Å². The van der Waals surface area contributed by atoms with Crippen LogP contribution in [0.15, 0.2) is 66.7 Å². The zero-order valence-electron chi connectivity index (χ0n) is 32.5. The van der Waals surface area contributed by atoms with Crippen molar-refractivity contribution in [2.75, 3.05) is 42.2 Å². The zero-order chi connectivity index (χ0) is 43.6. The van der Waals surface area contributed by atoms with Crippen LogP contribution >= 0.6 is 22.9 Å². The van der Waals surface area contributed by atoms with E-state index in [9.17, 15) is 42.0 Å². The smallest absolute Gasteiger partial charge is 0.341 e. The Labute approximate surface area is 358 Å². The van der Waals surface area contributed by atoms with Crippen LogP contribution in [0.25, 0.3) is 10.4 Å². The number of carbonyl (C=O) groups is 7. The summed E-state index contributed by atoms with van der Waals surface area (Å²) in [6, 6.07) is 17.1. The molecule has 0 saturated carbocycles. The molecule has 3 aliphatic heterocycles. The Morgan fingerprint density at radius 1 is 0.918 bits per heavy atom. The van der Waals surface area contributed by atoms with Gasteiger partial charge < -0.3 is 25.8 Å². The minimum Gasteiger partial charge on any atom is -0.479 e. The van der Waals surface area contributed by atoms with Crippen LogP contribution in [-0.2, 0) is 35.0 Å². The van der Waals surface area contributed by atoms with Crippen molar-refractivity contribution >= 4 is 91.3 Å². The molecule has 5 N–H and O–H groups in total. The molecule has 318 valence electrons. The normalized spacial score (nSPS) is 17.1. The molecular weight excluding hydrogens is 852 g/mol. The highest BCUT2D eigenvalue weighted by atomic mass is 35.5. The van der Waals surface area contributed by atoms with Crippen molar-refractivity contribution in [1.82, 2.24) is 14.5 Å². The number of amides is 5. The molecule has 1 aromatic heterocycles. The molecule has 0 spiro atoms. The number of sulfonamides is 1. The van der Waals surface area contributed by atoms with Gasteiger partial charge >= 0.3 is 5.97 Å². The first-order valence-electron chi connectivity index (χ1n) is 19.1. The van der Waals surface area contributed by atoms with E-state index in [1.54, 1.807) is 24.3 Å². The second kappa shape index (κ2) is 17.8. The van der Waals surface area contributed by atoms with Crippen LogP contribution in [0, 0.1) is 0 Å². The molecule has 0 bridgehead atoms. The summed E-state index contributed by atoms with van der Waals surface area (Å²) in [5.74, 6) is -4.71. The van der Waals surface area contributed by atoms with Gasteiger partial charge in [0, 0.05) is 49.5 Å². The van der Waals surface area contributed by atoms with Gasteiger partial charge in [-0.25, -0.2) is 17.5 Å². The third kappa shape index (κ3) is 9.59. The second-order valence-electron chi connectivity index (χ2n) is 14.6. The molecule has 0 radical (unpaired) electrons. The van der Waals surface area contributed by atoms with Gasteiger partial charge in [0.2, 0.25) is 27.7 Å². The largest absolute Gasteiger partial charge is 0.479 e. The number of fused-ring (bicyclic) bond motifs is 1. The number of benzene rings is 3. The van der Waals surface area contributed by atoms with Crippen molar-refractivity contribution in [2.45, 2.75) is 50.4 Å². The molecule has 1 atom stereocenters. The number of hydrogen-bond donors (Lipinski definition) is 5. The lowest BCUT2D eigenvalue weighted by Crippen LogP contribution is -2.54. The lowest BCUT2D eigenvalue weighted by molar-refractivity contribution is -0.139. The lowest BCUT2D eigenvalue weighted by Gasteiger charge is -2.32. The first-order chi connectivity index (χ1) is 29.1. The summed E-state index contributed by atoms with van der Waals surface area (Å²) < 4.78 is 33.8. The van der Waals surface area contributed by atoms with Gasteiger partial charge in [-0.3, -0.25) is 39.0 Å². The van der Waals surface area contributed by atoms with E-state index in [0.717, 1.165) is 21.9 Å². The van der Waals surface area contributed by atoms with E-state index in [1.165, 1.54) is 29.4 Å². The molecular formula is C41H39ClN6O11S2. The number of ketones is 1. The monoisotopic (exact) mass is 890 g/mol. The van der Waals surface area contributed by atoms with Crippen LogP contribution < -0.4 is 26.0 Å². The first kappa shape index (κ1) is 43.0. The highest BCUT2D eigenvalue weighted by Gasteiger charge is 2.44. The number of Topliss-reactive ketones (excluding diaryl/α,β-unsaturated/α-hetero) is 1. The van der Waals surface area contributed by atoms with Gasteiger partial charge in [-0.05, 0) is 72.9 Å². The number of carboxylic acids is 1. The average Bonchev–Trinajstić information content (AvgIpc) is 3.68. The van der Waals surface area contributed by atoms with Gasteiger partial charge in [0.15, 0.2) is 18.1 Å². The van der Waals surface area contributed by atoms with Gasteiger partial charge in [0.05, 0.1) is 28.3 Å². The number of carbonyl (C=O) groups excluding carboxylic acids is 6. The predicted octanol–water partition coefficient (Wildman–Crippen LogP) is 4.59. The molecule has 20 heteroatoms. The molecule has 7 rings (SSSR count). The summed E-state index contributed by atoms with van der Waals surface area (Å²) in [4.78, 5) is 87.9. The Hall–Kier alpha value is -6.15. The summed E-state index contributed by atoms with van der Waals surface area (Å²) in [6.45, 7) is 1.04. The number of rotatable bonds is 15. The number of ether oxygens (including phenoxy) is 1. The van der Waals surface area contributed by atoms with Crippen molar-refractivity contribution in [1.29, 1.82) is 0 Å². The fourth-order valence-electron chi connectivity index (χ4n) is 7.35. The maximum atomic E-state index is 13.5. The number of imide groups is 2. The molecule has 5 amide bonds. The predicted molar refractivity (Wildman–Crippen MR) is 225 cm³/mol. The van der Waals surface area contributed by atoms with E-state index in [1.807, 2.05) is 24.3 Å². The number of aliphatic carboxylic acids is 1. The number of piperidine rings is 2. The number of carboxylic acid groups (broad SMARTS) is 1. The Bertz CT molecular complexity index is 2590. The summed E-state index contributed by atoms with van der Waals surface area (Å²) >= 11 is 7.68. The second-order valence-corrected chi connectivity index (χ2v) is 18.0. The van der Waals surface area contributed by atoms with E-state index >= 15 is 0 Å². The van der Waals surface area contributed by atoms with E-state index < -0.39 is 58.2 Å². The molecule has 3 aromatic carbocycles. The topological polar surface area (TPSA) is 238 Å². The molecule has 61 heavy (non-hydrogen) atoms. The molecule has 17 nitrogen and oxygen atoms in total. The van der Waals surface area contributed by atoms with Crippen molar-refractivity contribution in [3.05, 3.63) is 93.3 Å². The van der Waals surface area contributed by atoms with Crippen molar-refractivity contribution in [2.24, 2.45) is 0 Å². The molecule has 2 fully saturated rings. The molecule has 0 aliphatic carbocycles. The van der Waals surface area contributed by atoms with Crippen LogP contribution in [0.3, 0.4) is 0 Å². The highest BCUT2D eigenvalue weighted by molar-refractivity contribution is 7.88. The first-order valence-corrected chi connectivity index (χ1v) is 21.9. The van der Waals surface area contributed by atoms with Crippen LogP contribution in [0.1, 0.15) is 68.6 Å². The minimum absolute atomic E-state index is 0.00123. The number of nitrogens with zero attached hydrogens (tertiary/aromatic N) is 2. The molecule has 4 aromatic rings. The Morgan fingerprint density at radius 3 is 2.36 bits per heavy atom. The zero-order valence-corrected chi connectivity index (χ0v) is 34.9. The van der Waals surface area contributed by atoms with Crippen LogP contribution in [-0.4, -0.2) is 102 Å². The van der Waals surface area contributed by atoms with E-state index in [2.05, 4.69) is 21.3 Å². The number of thiophene rings is 1. The van der Waals surface area contributed by atoms with E-state index in [4.69, 9.17) is 21.4 Å². The summed E-state index contributed by atoms with van der Waals surface area (Å²) in [5.41, 5.74) is 2.85. The van der Waals surface area contributed by atoms with Crippen LogP contribution in [0.5, 0.6) is 5.75 Å². The molecule has 2 saturated heterocycles. The standard InChI is InChI=1S/C41H39ClN6O11S2/c1-22(49)37-36(59-20-34(52)53)35(42)38(60-37)24-5-3-7-28(17-24)44-25-12-14-47(15-13-25)61(57,58)21-23-4-2-6-27(16-23)45-33(51)19-43-26-8-9-29-30(18-26)41(56)48(40(29)55)31-10-11-32(50)46-39(31)54/h2-9,16-18,25,31,43-44H,10-15,19-21H2,1H3,(H,45,51)(H,52,53)(H,46,50,54). The van der Waals surface area contributed by atoms with Gasteiger partial charge in [-0.1, -0.05) is 35.9 Å². The Kier molecular flexibility index (Phi) is 12.6. The minimum atomic E-state index is -3.72. The van der Waals surface area contributed by atoms with Gasteiger partial charge in [0.25, 0.3) is 11.8 Å². The average molecular weight is 891 g/mol. The fraction of sp³-hybridized carbons (Fsp3) is 0.293. The number of hydrogen-bond acceptors (Lipinski definition) is 13. The Balaban J connectivity index is 0.903. The lowest BCUT2D eigenvalue weighted by atomic mass is 10.0. The van der Waals surface area contributed by atoms with Gasteiger partial charge in [-0.2, -0.15) is 0 Å². The maximum absolute atomic E-state index is 13.5. The van der Waals surface area contributed by atoms with Crippen molar-refractivity contribution in [3.8, 4) is 16.2 Å². The number of nitrogens with one attached hydrogen (secondary N) is 4. The highest BCUT2D eigenvalue weighted by Crippen LogP contribution is 2.46. The molecule has 4 heterocycles. The summed E-state index contributed by atoms with van der Waals surface area (Å²) in [5, 5.41) is 20.5. The number of anilines is 3. The molecule has 1 unspecified atom stereocenters. The molecule has 3 aliphatic rings. The summed E-state index contributed by atoms with van der Waals surface area (Å²) in [7, 11) is -3.72. The Morgan fingerprint density at radius 2 is 1.64 bits per heavy atom. The third-order valence-electron chi connectivity index (χ3n) is 10.3. The SMILES string of the molecule is CC(=O)c1sc(-c2cccc(NC3CCN(S(=O)(=O)Cc4cccc(NC(=O)CNc5ccc6c(c5)C(=O)N(C5CCC(=O)NC5=O)C6=O)c4)CC3)c2)c(Cl)c1OCC(=O)O. The van der Waals surface area contributed by atoms with Crippen LogP contribution in [0.2, 0.25) is 5.02 Å². The van der Waals surface area contributed by atoms with Gasteiger partial charge in [0.1, 0.15) is 15.9 Å². The van der Waals surface area contributed by atoms with E-state index in [0.29, 0.717) is 40.2 Å². The van der Waals surface area contributed by atoms with Crippen LogP contribution in [0.4, 0.5) is 17.1 Å². The van der Waals surface area contributed by atoms with Crippen molar-refractivity contribution < 1.29 is 51.8 Å². The third-order valence-corrected chi connectivity index (χ3v) is 13.9. The maximum Gasteiger partial charge on any atom is 0.341 e. The number of halogens is 1. The van der Waals surface area contributed by atoms with Crippen molar-refractivity contribution in [3.63, 3.8) is 0 Å². The summed E-state index contributed by atoms with van der Waals surface area (Å²) in [6.07, 6.45) is 1.09. The van der Waals surface area contributed by atoms with E-state index in [-0.39, 0.29) is 76.8 Å². The quantitative estimate of drug-likeness (QED) is 0.0812. The fourth-order valence-corrected chi connectivity index (χ4v) is 10.4.